The summed E-state index contributed by atoms with van der Waals surface area (Å²) in [6, 6.07) is 12.0. The van der Waals surface area contributed by atoms with Crippen molar-refractivity contribution in [1.82, 2.24) is 10.9 Å². The van der Waals surface area contributed by atoms with Crippen LogP contribution in [0.1, 0.15) is 15.9 Å². The predicted octanol–water partition coefficient (Wildman–Crippen LogP) is 2.39. The molecule has 0 aromatic heterocycles. The summed E-state index contributed by atoms with van der Waals surface area (Å²) in [5.74, 6) is -0.599. The number of carbonyl (C=O) groups excluding carboxylic acids is 2. The van der Waals surface area contributed by atoms with Crippen LogP contribution in [0.15, 0.2) is 61.2 Å². The van der Waals surface area contributed by atoms with Gasteiger partial charge in [-0.15, -0.1) is 0 Å². The smallest absolute Gasteiger partial charge is 0.269 e. The van der Waals surface area contributed by atoms with E-state index in [1.165, 1.54) is 24.3 Å². The SMILES string of the molecule is C=CCOc1ccc(C(=O)NNC(=O)Cc2ccc(F)cc2)cc1. The van der Waals surface area contributed by atoms with Gasteiger partial charge in [0, 0.05) is 5.56 Å². The van der Waals surface area contributed by atoms with Crippen LogP contribution < -0.4 is 15.6 Å². The molecule has 0 fully saturated rings. The van der Waals surface area contributed by atoms with E-state index in [2.05, 4.69) is 17.4 Å². The molecule has 0 aliphatic carbocycles. The molecule has 24 heavy (non-hydrogen) atoms. The lowest BCUT2D eigenvalue weighted by atomic mass is 10.1. The third-order valence-electron chi connectivity index (χ3n) is 3.08. The molecule has 124 valence electrons. The number of benzene rings is 2. The Morgan fingerprint density at radius 1 is 1.04 bits per heavy atom. The number of nitrogens with one attached hydrogen (secondary N) is 2. The van der Waals surface area contributed by atoms with Crippen LogP contribution in [0, 0.1) is 5.82 Å². The highest BCUT2D eigenvalue weighted by molar-refractivity contribution is 5.95. The zero-order valence-corrected chi connectivity index (χ0v) is 12.9. The Hall–Kier alpha value is -3.15. The lowest BCUT2D eigenvalue weighted by Gasteiger charge is -2.08. The van der Waals surface area contributed by atoms with E-state index >= 15 is 0 Å². The van der Waals surface area contributed by atoms with E-state index in [-0.39, 0.29) is 12.2 Å². The van der Waals surface area contributed by atoms with E-state index in [1.807, 2.05) is 0 Å². The van der Waals surface area contributed by atoms with Gasteiger partial charge in [0.05, 0.1) is 6.42 Å². The first-order chi connectivity index (χ1) is 11.6. The highest BCUT2D eigenvalue weighted by Gasteiger charge is 2.08. The van der Waals surface area contributed by atoms with Crippen molar-refractivity contribution in [1.29, 1.82) is 0 Å². The van der Waals surface area contributed by atoms with Crippen molar-refractivity contribution in [3.8, 4) is 5.75 Å². The van der Waals surface area contributed by atoms with Gasteiger partial charge in [0.1, 0.15) is 18.2 Å². The molecule has 0 saturated carbocycles. The third-order valence-corrected chi connectivity index (χ3v) is 3.08. The van der Waals surface area contributed by atoms with Crippen LogP contribution >= 0.6 is 0 Å². The molecule has 5 nitrogen and oxygen atoms in total. The molecule has 2 aromatic rings. The quantitative estimate of drug-likeness (QED) is 0.632. The highest BCUT2D eigenvalue weighted by Crippen LogP contribution is 2.12. The maximum Gasteiger partial charge on any atom is 0.269 e. The van der Waals surface area contributed by atoms with Crippen LogP contribution in [0.25, 0.3) is 0 Å². The van der Waals surface area contributed by atoms with Gasteiger partial charge in [-0.25, -0.2) is 4.39 Å². The minimum absolute atomic E-state index is 0.0366. The Morgan fingerprint density at radius 3 is 2.33 bits per heavy atom. The average Bonchev–Trinajstić information content (AvgIpc) is 2.60. The van der Waals surface area contributed by atoms with E-state index in [4.69, 9.17) is 4.74 Å². The summed E-state index contributed by atoms with van der Waals surface area (Å²) < 4.78 is 18.1. The van der Waals surface area contributed by atoms with Gasteiger partial charge in [-0.05, 0) is 42.0 Å². The lowest BCUT2D eigenvalue weighted by Crippen LogP contribution is -2.42. The summed E-state index contributed by atoms with van der Waals surface area (Å²) in [5, 5.41) is 0. The number of hydrogen-bond acceptors (Lipinski definition) is 3. The standard InChI is InChI=1S/C18H17FN2O3/c1-2-11-24-16-9-5-14(6-10-16)18(23)21-20-17(22)12-13-3-7-15(19)8-4-13/h2-10H,1,11-12H2,(H,20,22)(H,21,23). The van der Waals surface area contributed by atoms with Crippen molar-refractivity contribution >= 4 is 11.8 Å². The minimum Gasteiger partial charge on any atom is -0.490 e. The number of amides is 2. The summed E-state index contributed by atoms with van der Waals surface area (Å²) >= 11 is 0. The summed E-state index contributed by atoms with van der Waals surface area (Å²) in [5.41, 5.74) is 5.66. The molecule has 0 bridgehead atoms. The molecule has 2 N–H and O–H groups in total. The van der Waals surface area contributed by atoms with Gasteiger partial charge in [0.15, 0.2) is 0 Å². The van der Waals surface area contributed by atoms with E-state index in [9.17, 15) is 14.0 Å². The number of hydrazine groups is 1. The summed E-state index contributed by atoms with van der Waals surface area (Å²) in [6.07, 6.45) is 1.66. The van der Waals surface area contributed by atoms with Crippen molar-refractivity contribution in [2.75, 3.05) is 6.61 Å². The maximum absolute atomic E-state index is 12.8. The van der Waals surface area contributed by atoms with Crippen LogP contribution in [0.3, 0.4) is 0 Å². The fourth-order valence-electron chi connectivity index (χ4n) is 1.89. The molecule has 0 saturated heterocycles. The molecule has 2 rings (SSSR count). The van der Waals surface area contributed by atoms with E-state index < -0.39 is 11.8 Å². The monoisotopic (exact) mass is 328 g/mol. The van der Waals surface area contributed by atoms with Crippen molar-refractivity contribution in [2.45, 2.75) is 6.42 Å². The Bertz CT molecular complexity index is 712. The Kier molecular flexibility index (Phi) is 6.08. The van der Waals surface area contributed by atoms with E-state index in [0.29, 0.717) is 23.5 Å². The second-order valence-electron chi connectivity index (χ2n) is 4.93. The molecule has 6 heteroatoms. The normalized spacial score (nSPS) is 9.88. The van der Waals surface area contributed by atoms with Crippen LogP contribution in [-0.2, 0) is 11.2 Å². The van der Waals surface area contributed by atoms with Crippen molar-refractivity contribution in [3.05, 3.63) is 78.1 Å². The largest absolute Gasteiger partial charge is 0.490 e. The Labute approximate surface area is 139 Å². The molecule has 2 aromatic carbocycles. The second kappa shape index (κ2) is 8.47. The first-order valence-corrected chi connectivity index (χ1v) is 7.26. The van der Waals surface area contributed by atoms with Crippen molar-refractivity contribution in [3.63, 3.8) is 0 Å². The molecule has 0 heterocycles. The lowest BCUT2D eigenvalue weighted by molar-refractivity contribution is -0.121. The molecule has 0 radical (unpaired) electrons. The van der Waals surface area contributed by atoms with Gasteiger partial charge in [0.2, 0.25) is 5.91 Å². The van der Waals surface area contributed by atoms with Gasteiger partial charge < -0.3 is 4.74 Å². The highest BCUT2D eigenvalue weighted by atomic mass is 19.1. The number of hydrogen-bond donors (Lipinski definition) is 2. The molecule has 0 aliphatic heterocycles. The maximum atomic E-state index is 12.8. The molecule has 0 aliphatic rings. The molecular weight excluding hydrogens is 311 g/mol. The van der Waals surface area contributed by atoms with Crippen molar-refractivity contribution < 1.29 is 18.7 Å². The average molecular weight is 328 g/mol. The first kappa shape index (κ1) is 17.2. The minimum atomic E-state index is -0.447. The predicted molar refractivity (Wildman–Crippen MR) is 87.8 cm³/mol. The third kappa shape index (κ3) is 5.24. The van der Waals surface area contributed by atoms with Gasteiger partial charge >= 0.3 is 0 Å². The number of rotatable bonds is 6. The fourth-order valence-corrected chi connectivity index (χ4v) is 1.89. The van der Waals surface area contributed by atoms with E-state index in [1.54, 1.807) is 30.3 Å². The second-order valence-corrected chi connectivity index (χ2v) is 4.93. The number of carbonyl (C=O) groups is 2. The van der Waals surface area contributed by atoms with Gasteiger partial charge in [-0.2, -0.15) is 0 Å². The zero-order chi connectivity index (χ0) is 17.4. The summed E-state index contributed by atoms with van der Waals surface area (Å²) in [6.45, 7) is 3.93. The molecule has 2 amide bonds. The molecule has 0 spiro atoms. The van der Waals surface area contributed by atoms with Gasteiger partial charge in [0.25, 0.3) is 5.91 Å². The van der Waals surface area contributed by atoms with Crippen LogP contribution in [0.2, 0.25) is 0 Å². The fraction of sp³-hybridized carbons (Fsp3) is 0.111. The molecular formula is C18H17FN2O3. The summed E-state index contributed by atoms with van der Waals surface area (Å²) in [7, 11) is 0. The van der Waals surface area contributed by atoms with Crippen LogP contribution in [0.4, 0.5) is 4.39 Å². The van der Waals surface area contributed by atoms with Crippen molar-refractivity contribution in [2.24, 2.45) is 0 Å². The Morgan fingerprint density at radius 2 is 1.71 bits per heavy atom. The van der Waals surface area contributed by atoms with E-state index in [0.717, 1.165) is 0 Å². The zero-order valence-electron chi connectivity index (χ0n) is 12.9. The topological polar surface area (TPSA) is 67.4 Å². The Balaban J connectivity index is 1.82. The number of ether oxygens (including phenoxy) is 1. The molecule has 0 atom stereocenters. The summed E-state index contributed by atoms with van der Waals surface area (Å²) in [4.78, 5) is 23.7. The van der Waals surface area contributed by atoms with Gasteiger partial charge in [-0.3, -0.25) is 20.4 Å². The van der Waals surface area contributed by atoms with Gasteiger partial charge in [-0.1, -0.05) is 24.8 Å². The van der Waals surface area contributed by atoms with Crippen LogP contribution in [0.5, 0.6) is 5.75 Å². The number of halogens is 1. The first-order valence-electron chi connectivity index (χ1n) is 7.26. The molecule has 0 unspecified atom stereocenters. The van der Waals surface area contributed by atoms with Crippen LogP contribution in [-0.4, -0.2) is 18.4 Å².